The summed E-state index contributed by atoms with van der Waals surface area (Å²) in [5.74, 6) is -0.944. The Bertz CT molecular complexity index is 524. The first-order chi connectivity index (χ1) is 8.40. The summed E-state index contributed by atoms with van der Waals surface area (Å²) in [5.41, 5.74) is 6.04. The number of aryl methyl sites for hydroxylation is 2. The standard InChI is InChI=1S/C16H20O2/c1-9(2)15(16(17)18)14-7-12-5-10(3)11(4)6-13(12)8-14/h5-7,9,15H,8H2,1-4H3,(H,17,18). The van der Waals surface area contributed by atoms with Gasteiger partial charge in [-0.2, -0.15) is 0 Å². The number of hydrogen-bond donors (Lipinski definition) is 1. The maximum atomic E-state index is 11.4. The molecule has 1 aliphatic carbocycles. The van der Waals surface area contributed by atoms with Crippen molar-refractivity contribution in [2.45, 2.75) is 34.1 Å². The zero-order chi connectivity index (χ0) is 13.4. The fourth-order valence-electron chi connectivity index (χ4n) is 2.73. The van der Waals surface area contributed by atoms with Crippen LogP contribution < -0.4 is 0 Å². The Morgan fingerprint density at radius 3 is 2.39 bits per heavy atom. The molecular formula is C16H20O2. The van der Waals surface area contributed by atoms with E-state index in [1.165, 1.54) is 22.3 Å². The van der Waals surface area contributed by atoms with E-state index in [0.717, 1.165) is 12.0 Å². The van der Waals surface area contributed by atoms with Gasteiger partial charge in [0.05, 0.1) is 5.92 Å². The second kappa shape index (κ2) is 4.60. The smallest absolute Gasteiger partial charge is 0.310 e. The van der Waals surface area contributed by atoms with Crippen LogP contribution in [0.4, 0.5) is 0 Å². The first-order valence-corrected chi connectivity index (χ1v) is 6.43. The third kappa shape index (κ3) is 2.20. The Morgan fingerprint density at radius 1 is 1.22 bits per heavy atom. The maximum Gasteiger partial charge on any atom is 0.310 e. The van der Waals surface area contributed by atoms with Gasteiger partial charge in [0.2, 0.25) is 0 Å². The van der Waals surface area contributed by atoms with Gasteiger partial charge in [0.15, 0.2) is 0 Å². The predicted molar refractivity (Wildman–Crippen MR) is 73.6 cm³/mol. The summed E-state index contributed by atoms with van der Waals surface area (Å²) >= 11 is 0. The molecule has 2 heteroatoms. The van der Waals surface area contributed by atoms with Gasteiger partial charge in [0.1, 0.15) is 0 Å². The first-order valence-electron chi connectivity index (χ1n) is 6.43. The van der Waals surface area contributed by atoms with Crippen LogP contribution in [0.5, 0.6) is 0 Å². The van der Waals surface area contributed by atoms with Crippen molar-refractivity contribution >= 4 is 12.0 Å². The molecule has 0 heterocycles. The monoisotopic (exact) mass is 244 g/mol. The van der Waals surface area contributed by atoms with Gasteiger partial charge in [0.25, 0.3) is 0 Å². The van der Waals surface area contributed by atoms with Crippen LogP contribution in [0.1, 0.15) is 36.1 Å². The zero-order valence-electron chi connectivity index (χ0n) is 11.4. The molecule has 1 aromatic rings. The number of fused-ring (bicyclic) bond motifs is 1. The van der Waals surface area contributed by atoms with Crippen LogP contribution >= 0.6 is 0 Å². The van der Waals surface area contributed by atoms with Crippen LogP contribution in [0.2, 0.25) is 0 Å². The van der Waals surface area contributed by atoms with Gasteiger partial charge in [-0.05, 0) is 48.4 Å². The van der Waals surface area contributed by atoms with Gasteiger partial charge in [-0.25, -0.2) is 0 Å². The molecule has 0 fully saturated rings. The fourth-order valence-corrected chi connectivity index (χ4v) is 2.73. The Balaban J connectivity index is 2.36. The van der Waals surface area contributed by atoms with Crippen LogP contribution in [-0.4, -0.2) is 11.1 Å². The second-order valence-electron chi connectivity index (χ2n) is 5.59. The van der Waals surface area contributed by atoms with Crippen molar-refractivity contribution in [3.63, 3.8) is 0 Å². The van der Waals surface area contributed by atoms with Gasteiger partial charge < -0.3 is 5.11 Å². The van der Waals surface area contributed by atoms with Gasteiger partial charge in [-0.1, -0.05) is 37.6 Å². The van der Waals surface area contributed by atoms with Crippen molar-refractivity contribution in [2.24, 2.45) is 11.8 Å². The van der Waals surface area contributed by atoms with E-state index in [0.29, 0.717) is 0 Å². The normalized spacial score (nSPS) is 15.5. The Kier molecular flexibility index (Phi) is 3.29. The van der Waals surface area contributed by atoms with Crippen molar-refractivity contribution in [3.8, 4) is 0 Å². The van der Waals surface area contributed by atoms with Crippen LogP contribution in [0.15, 0.2) is 17.7 Å². The van der Waals surface area contributed by atoms with E-state index in [4.69, 9.17) is 0 Å². The molecule has 18 heavy (non-hydrogen) atoms. The quantitative estimate of drug-likeness (QED) is 0.882. The molecule has 2 nitrogen and oxygen atoms in total. The minimum atomic E-state index is -0.711. The van der Waals surface area contributed by atoms with Crippen molar-refractivity contribution < 1.29 is 9.90 Å². The van der Waals surface area contributed by atoms with Crippen LogP contribution in [0, 0.1) is 25.7 Å². The lowest BCUT2D eigenvalue weighted by molar-refractivity contribution is -0.141. The molecule has 1 aromatic carbocycles. The molecule has 0 radical (unpaired) electrons. The van der Waals surface area contributed by atoms with Gasteiger partial charge in [0, 0.05) is 0 Å². The zero-order valence-corrected chi connectivity index (χ0v) is 11.4. The second-order valence-corrected chi connectivity index (χ2v) is 5.59. The molecule has 1 N–H and O–H groups in total. The maximum absolute atomic E-state index is 11.4. The average Bonchev–Trinajstić information content (AvgIpc) is 2.59. The highest BCUT2D eigenvalue weighted by atomic mass is 16.4. The molecule has 96 valence electrons. The highest BCUT2D eigenvalue weighted by molar-refractivity contribution is 5.79. The Labute approximate surface area is 108 Å². The number of carbonyl (C=O) groups is 1. The van der Waals surface area contributed by atoms with E-state index in [1.807, 2.05) is 13.8 Å². The van der Waals surface area contributed by atoms with E-state index < -0.39 is 5.97 Å². The molecule has 0 bridgehead atoms. The fraction of sp³-hybridized carbons (Fsp3) is 0.438. The molecule has 0 saturated carbocycles. The highest BCUT2D eigenvalue weighted by Gasteiger charge is 2.29. The molecular weight excluding hydrogens is 224 g/mol. The first kappa shape index (κ1) is 12.9. The molecule has 2 rings (SSSR count). The van der Waals surface area contributed by atoms with Gasteiger partial charge in [-0.3, -0.25) is 4.79 Å². The van der Waals surface area contributed by atoms with Crippen molar-refractivity contribution in [1.29, 1.82) is 0 Å². The summed E-state index contributed by atoms with van der Waals surface area (Å²) in [6.45, 7) is 8.14. The molecule has 1 unspecified atom stereocenters. The lowest BCUT2D eigenvalue weighted by Gasteiger charge is -2.17. The van der Waals surface area contributed by atoms with E-state index in [1.54, 1.807) is 0 Å². The third-order valence-corrected chi connectivity index (χ3v) is 3.82. The Hall–Kier alpha value is -1.57. The third-order valence-electron chi connectivity index (χ3n) is 3.82. The highest BCUT2D eigenvalue weighted by Crippen LogP contribution is 2.34. The Morgan fingerprint density at radius 2 is 1.83 bits per heavy atom. The van der Waals surface area contributed by atoms with Crippen LogP contribution in [-0.2, 0) is 11.2 Å². The lowest BCUT2D eigenvalue weighted by Crippen LogP contribution is -2.22. The molecule has 0 aliphatic heterocycles. The number of carboxylic acid groups (broad SMARTS) is 1. The summed E-state index contributed by atoms with van der Waals surface area (Å²) in [7, 11) is 0. The van der Waals surface area contributed by atoms with E-state index in [-0.39, 0.29) is 11.8 Å². The summed E-state index contributed by atoms with van der Waals surface area (Å²) in [6, 6.07) is 4.35. The molecule has 0 spiro atoms. The number of rotatable bonds is 3. The minimum absolute atomic E-state index is 0.130. The van der Waals surface area contributed by atoms with E-state index in [9.17, 15) is 9.90 Å². The summed E-state index contributed by atoms with van der Waals surface area (Å²) < 4.78 is 0. The molecule has 1 aliphatic rings. The topological polar surface area (TPSA) is 37.3 Å². The molecule has 0 amide bonds. The minimum Gasteiger partial charge on any atom is -0.481 e. The summed E-state index contributed by atoms with van der Waals surface area (Å²) in [5, 5.41) is 9.35. The van der Waals surface area contributed by atoms with Crippen LogP contribution in [0.3, 0.4) is 0 Å². The molecule has 0 saturated heterocycles. The molecule has 0 aromatic heterocycles. The number of carboxylic acids is 1. The number of aliphatic carboxylic acids is 1. The van der Waals surface area contributed by atoms with Gasteiger partial charge in [-0.15, -0.1) is 0 Å². The van der Waals surface area contributed by atoms with Crippen molar-refractivity contribution in [2.75, 3.05) is 0 Å². The van der Waals surface area contributed by atoms with Crippen molar-refractivity contribution in [1.82, 2.24) is 0 Å². The van der Waals surface area contributed by atoms with E-state index in [2.05, 4.69) is 32.1 Å². The SMILES string of the molecule is Cc1cc2c(cc1C)CC(C(C(=O)O)C(C)C)=C2. The number of benzene rings is 1. The molecule has 1 atom stereocenters. The summed E-state index contributed by atoms with van der Waals surface area (Å²) in [4.78, 5) is 11.4. The lowest BCUT2D eigenvalue weighted by atomic mass is 9.87. The number of hydrogen-bond acceptors (Lipinski definition) is 1. The van der Waals surface area contributed by atoms with Crippen molar-refractivity contribution in [3.05, 3.63) is 40.0 Å². The van der Waals surface area contributed by atoms with Crippen LogP contribution in [0.25, 0.3) is 6.08 Å². The van der Waals surface area contributed by atoms with Gasteiger partial charge >= 0.3 is 5.97 Å². The largest absolute Gasteiger partial charge is 0.481 e. The summed E-state index contributed by atoms with van der Waals surface area (Å²) in [6.07, 6.45) is 2.85. The predicted octanol–water partition coefficient (Wildman–Crippen LogP) is 3.60. The average molecular weight is 244 g/mol. The van der Waals surface area contributed by atoms with E-state index >= 15 is 0 Å².